The first kappa shape index (κ1) is 37.9. The summed E-state index contributed by atoms with van der Waals surface area (Å²) in [5.41, 5.74) is 15.6. The molecule has 4 aromatic carbocycles. The largest absolute Gasteiger partial charge is 0.472 e. The molecule has 5 rings (SSSR count). The Morgan fingerprint density at radius 1 is 0.824 bits per heavy atom. The third-order valence-corrected chi connectivity index (χ3v) is 10.1. The Kier molecular flexibility index (Phi) is 11.8. The molecule has 0 bridgehead atoms. The van der Waals surface area contributed by atoms with Crippen LogP contribution in [0.4, 0.5) is 11.4 Å². The van der Waals surface area contributed by atoms with Gasteiger partial charge in [0.15, 0.2) is 5.60 Å². The average Bonchev–Trinajstić information content (AvgIpc) is 3.11. The molecule has 0 amide bonds. The minimum absolute atomic E-state index is 0.425. The second-order valence-corrected chi connectivity index (χ2v) is 15.1. The number of unbranched alkanes of at least 4 members (excludes halogenated alkanes) is 1. The number of hydrogen-bond donors (Lipinski definition) is 3. The summed E-state index contributed by atoms with van der Waals surface area (Å²) < 4.78 is 12.9. The second-order valence-electron chi connectivity index (χ2n) is 15.1. The fourth-order valence-electron chi connectivity index (χ4n) is 7.75. The van der Waals surface area contributed by atoms with Crippen molar-refractivity contribution >= 4 is 34.2 Å². The summed E-state index contributed by atoms with van der Waals surface area (Å²) in [7, 11) is 5.65. The first-order chi connectivity index (χ1) is 24.4. The van der Waals surface area contributed by atoms with Gasteiger partial charge in [-0.1, -0.05) is 66.7 Å². The third kappa shape index (κ3) is 7.78. The topological polar surface area (TPSA) is 106 Å². The molecule has 1 aliphatic rings. The monoisotopic (exact) mass is 691 g/mol. The van der Waals surface area contributed by atoms with Gasteiger partial charge in [-0.15, -0.1) is 0 Å². The van der Waals surface area contributed by atoms with Gasteiger partial charge >= 0.3 is 5.97 Å². The van der Waals surface area contributed by atoms with E-state index in [2.05, 4.69) is 118 Å². The molecule has 8 heteroatoms. The molecule has 4 aromatic rings. The van der Waals surface area contributed by atoms with Gasteiger partial charge in [0.2, 0.25) is 0 Å². The van der Waals surface area contributed by atoms with E-state index < -0.39 is 22.6 Å². The summed E-state index contributed by atoms with van der Waals surface area (Å²) in [4.78, 5) is 18.7. The van der Waals surface area contributed by atoms with Crippen LogP contribution in [0, 0.1) is 0 Å². The van der Waals surface area contributed by atoms with E-state index in [1.54, 1.807) is 0 Å². The number of ether oxygens (including phenoxy) is 2. The summed E-state index contributed by atoms with van der Waals surface area (Å²) in [6.45, 7) is 11.7. The van der Waals surface area contributed by atoms with Crippen molar-refractivity contribution in [1.82, 2.24) is 4.90 Å². The number of fused-ring (bicyclic) bond motifs is 3. The molecule has 1 atom stereocenters. The SMILES string of the molecule is COC(=O)c1c2c(c3ccccc3c1N(C(C)(C)CCN)C(C)(C)CCN)OC(c1ccccc1)(c1ccc(NCCCCN(C)C)cc1)C=C2. The van der Waals surface area contributed by atoms with E-state index in [9.17, 15) is 4.79 Å². The van der Waals surface area contributed by atoms with Gasteiger partial charge in [-0.2, -0.15) is 0 Å². The highest BCUT2D eigenvalue weighted by atomic mass is 16.5. The van der Waals surface area contributed by atoms with E-state index in [-0.39, 0.29) is 0 Å². The van der Waals surface area contributed by atoms with Crippen LogP contribution in [0.1, 0.15) is 80.4 Å². The first-order valence-electron chi connectivity index (χ1n) is 18.2. The number of benzene rings is 4. The Morgan fingerprint density at radius 3 is 2.00 bits per heavy atom. The van der Waals surface area contributed by atoms with Crippen molar-refractivity contribution in [3.63, 3.8) is 0 Å². The van der Waals surface area contributed by atoms with Gasteiger partial charge in [0.1, 0.15) is 5.75 Å². The van der Waals surface area contributed by atoms with E-state index in [0.29, 0.717) is 42.8 Å². The zero-order valence-corrected chi connectivity index (χ0v) is 31.6. The number of anilines is 2. The lowest BCUT2D eigenvalue weighted by Crippen LogP contribution is -2.58. The summed E-state index contributed by atoms with van der Waals surface area (Å²) in [6, 6.07) is 27.0. The average molecular weight is 692 g/mol. The minimum atomic E-state index is -0.951. The molecule has 5 N–H and O–H groups in total. The van der Waals surface area contributed by atoms with Crippen LogP contribution in [0.15, 0.2) is 84.9 Å². The molecular weight excluding hydrogens is 635 g/mol. The summed E-state index contributed by atoms with van der Waals surface area (Å²) in [6.07, 6.45) is 7.78. The van der Waals surface area contributed by atoms with Crippen LogP contribution in [-0.4, -0.2) is 69.3 Å². The lowest BCUT2D eigenvalue weighted by Gasteiger charge is -2.52. The standard InChI is InChI=1S/C43H57N5O3/c1-41(2,25-27-44)48(42(3,4)26-28-45)38-34-17-11-12-18-35(34)39-36(37(38)40(49)50-7)23-24-43(51-39,31-15-9-8-10-16-31)32-19-21-33(22-20-32)46-29-13-14-30-47(5)6/h8-12,15-24,46H,13-14,25-30,44-45H2,1-7H3. The van der Waals surface area contributed by atoms with E-state index in [1.165, 1.54) is 7.11 Å². The molecule has 1 unspecified atom stereocenters. The lowest BCUT2D eigenvalue weighted by atomic mass is 9.81. The number of esters is 1. The normalized spacial score (nSPS) is 15.8. The molecule has 0 aromatic heterocycles. The summed E-state index contributed by atoms with van der Waals surface area (Å²) in [5, 5.41) is 5.39. The second kappa shape index (κ2) is 15.9. The van der Waals surface area contributed by atoms with Crippen LogP contribution in [-0.2, 0) is 10.3 Å². The molecule has 1 heterocycles. The molecule has 1 aliphatic heterocycles. The van der Waals surface area contributed by atoms with Gasteiger partial charge in [-0.05, 0) is 111 Å². The van der Waals surface area contributed by atoms with Gasteiger partial charge in [0, 0.05) is 50.8 Å². The Hall–Kier alpha value is -4.37. The molecule has 0 radical (unpaired) electrons. The van der Waals surface area contributed by atoms with Crippen molar-refractivity contribution in [2.75, 3.05) is 57.6 Å². The van der Waals surface area contributed by atoms with E-state index in [0.717, 1.165) is 59.2 Å². The third-order valence-electron chi connectivity index (χ3n) is 10.1. The van der Waals surface area contributed by atoms with Gasteiger partial charge < -0.3 is 36.1 Å². The number of nitrogens with zero attached hydrogens (tertiary/aromatic N) is 2. The van der Waals surface area contributed by atoms with Crippen molar-refractivity contribution in [1.29, 1.82) is 0 Å². The highest BCUT2D eigenvalue weighted by Crippen LogP contribution is 2.52. The summed E-state index contributed by atoms with van der Waals surface area (Å²) >= 11 is 0. The van der Waals surface area contributed by atoms with Gasteiger partial charge in [0.05, 0.1) is 18.4 Å². The molecule has 272 valence electrons. The molecule has 0 aliphatic carbocycles. The molecule has 0 saturated heterocycles. The zero-order valence-electron chi connectivity index (χ0n) is 31.6. The van der Waals surface area contributed by atoms with Crippen LogP contribution < -0.4 is 26.4 Å². The number of carbonyl (C=O) groups is 1. The number of carbonyl (C=O) groups excluding carboxylic acids is 1. The fourth-order valence-corrected chi connectivity index (χ4v) is 7.75. The quantitative estimate of drug-likeness (QED) is 0.0808. The number of methoxy groups -OCH3 is 1. The van der Waals surface area contributed by atoms with E-state index >= 15 is 0 Å². The summed E-state index contributed by atoms with van der Waals surface area (Å²) in [5.74, 6) is 0.211. The van der Waals surface area contributed by atoms with Gasteiger partial charge in [0.25, 0.3) is 0 Å². The Balaban J connectivity index is 1.71. The predicted molar refractivity (Wildman–Crippen MR) is 213 cm³/mol. The zero-order chi connectivity index (χ0) is 36.8. The van der Waals surface area contributed by atoms with Crippen LogP contribution in [0.25, 0.3) is 16.8 Å². The Bertz CT molecular complexity index is 1800. The Labute approximate surface area is 304 Å². The highest BCUT2D eigenvalue weighted by Gasteiger charge is 2.44. The molecule has 0 fully saturated rings. The van der Waals surface area contributed by atoms with Crippen molar-refractivity contribution in [3.05, 3.63) is 107 Å². The first-order valence-corrected chi connectivity index (χ1v) is 18.2. The molecule has 0 spiro atoms. The number of nitrogens with two attached hydrogens (primary N) is 2. The maximum atomic E-state index is 14.1. The van der Waals surface area contributed by atoms with Crippen molar-refractivity contribution in [2.24, 2.45) is 11.5 Å². The lowest BCUT2D eigenvalue weighted by molar-refractivity contribution is 0.0599. The van der Waals surface area contributed by atoms with Crippen LogP contribution in [0.3, 0.4) is 0 Å². The maximum absolute atomic E-state index is 14.1. The Morgan fingerprint density at radius 2 is 1.41 bits per heavy atom. The molecule has 8 nitrogen and oxygen atoms in total. The van der Waals surface area contributed by atoms with Gasteiger partial charge in [-0.25, -0.2) is 4.79 Å². The van der Waals surface area contributed by atoms with Crippen molar-refractivity contribution in [2.45, 2.75) is 70.1 Å². The van der Waals surface area contributed by atoms with Crippen LogP contribution in [0.5, 0.6) is 5.75 Å². The molecule has 51 heavy (non-hydrogen) atoms. The molecular formula is C43H57N5O3. The van der Waals surface area contributed by atoms with Crippen molar-refractivity contribution < 1.29 is 14.3 Å². The number of hydrogen-bond acceptors (Lipinski definition) is 8. The van der Waals surface area contributed by atoms with E-state index in [4.69, 9.17) is 20.9 Å². The maximum Gasteiger partial charge on any atom is 0.340 e. The van der Waals surface area contributed by atoms with Crippen molar-refractivity contribution in [3.8, 4) is 5.75 Å². The van der Waals surface area contributed by atoms with Crippen LogP contribution in [0.2, 0.25) is 0 Å². The molecule has 0 saturated carbocycles. The minimum Gasteiger partial charge on any atom is -0.472 e. The predicted octanol–water partition coefficient (Wildman–Crippen LogP) is 7.79. The number of rotatable bonds is 16. The van der Waals surface area contributed by atoms with Gasteiger partial charge in [-0.3, -0.25) is 0 Å². The van der Waals surface area contributed by atoms with E-state index in [1.807, 2.05) is 30.3 Å². The van der Waals surface area contributed by atoms with Crippen LogP contribution >= 0.6 is 0 Å². The highest BCUT2D eigenvalue weighted by molar-refractivity contribution is 6.13. The number of nitrogens with one attached hydrogen (secondary N) is 1. The fraction of sp³-hybridized carbons (Fsp3) is 0.419. The smallest absolute Gasteiger partial charge is 0.340 e.